The molecule has 2 fully saturated rings. The Morgan fingerprint density at radius 2 is 2.05 bits per heavy atom. The third-order valence-corrected chi connectivity index (χ3v) is 6.76. The molecule has 1 N–H and O–H groups in total. The van der Waals surface area contributed by atoms with Crippen molar-refractivity contribution in [3.05, 3.63) is 0 Å². The van der Waals surface area contributed by atoms with E-state index < -0.39 is 9.84 Å². The Morgan fingerprint density at radius 1 is 1.30 bits per heavy atom. The van der Waals surface area contributed by atoms with Crippen LogP contribution in [0.4, 0.5) is 0 Å². The standard InChI is InChI=1S/C15H29NO3S/c1-4-16-15(14-8-9-19-11(14)2)12-6-5-7-13(10-12)20(3,17)18/h11-16H,4-10H2,1-3H3. The summed E-state index contributed by atoms with van der Waals surface area (Å²) >= 11 is 0. The van der Waals surface area contributed by atoms with Gasteiger partial charge < -0.3 is 10.1 Å². The van der Waals surface area contributed by atoms with Gasteiger partial charge in [0.15, 0.2) is 0 Å². The van der Waals surface area contributed by atoms with Crippen LogP contribution in [0, 0.1) is 11.8 Å². The molecule has 1 heterocycles. The lowest BCUT2D eigenvalue weighted by Crippen LogP contribution is -2.47. The highest BCUT2D eigenvalue weighted by atomic mass is 32.2. The van der Waals surface area contributed by atoms with E-state index in [2.05, 4.69) is 19.2 Å². The first kappa shape index (κ1) is 16.2. The predicted molar refractivity (Wildman–Crippen MR) is 81.6 cm³/mol. The highest BCUT2D eigenvalue weighted by Gasteiger charge is 2.39. The normalized spacial score (nSPS) is 37.0. The molecule has 1 aliphatic heterocycles. The second-order valence-electron chi connectivity index (χ2n) is 6.49. The molecule has 5 unspecified atom stereocenters. The number of rotatable bonds is 5. The van der Waals surface area contributed by atoms with Crippen molar-refractivity contribution < 1.29 is 13.2 Å². The zero-order valence-corrected chi connectivity index (χ0v) is 13.8. The summed E-state index contributed by atoms with van der Waals surface area (Å²) < 4.78 is 29.4. The first-order valence-corrected chi connectivity index (χ1v) is 9.92. The van der Waals surface area contributed by atoms with E-state index in [4.69, 9.17) is 4.74 Å². The Labute approximate surface area is 123 Å². The number of hydrogen-bond donors (Lipinski definition) is 1. The Kier molecular flexibility index (Phi) is 5.49. The number of ether oxygens (including phenoxy) is 1. The number of nitrogens with one attached hydrogen (secondary N) is 1. The molecule has 0 aromatic carbocycles. The lowest BCUT2D eigenvalue weighted by molar-refractivity contribution is 0.0819. The molecule has 0 bridgehead atoms. The summed E-state index contributed by atoms with van der Waals surface area (Å²) in [5, 5.41) is 3.48. The van der Waals surface area contributed by atoms with Gasteiger partial charge in [0.25, 0.3) is 0 Å². The van der Waals surface area contributed by atoms with Crippen LogP contribution in [0.1, 0.15) is 46.0 Å². The average molecular weight is 303 g/mol. The maximum Gasteiger partial charge on any atom is 0.150 e. The molecule has 0 spiro atoms. The van der Waals surface area contributed by atoms with Gasteiger partial charge in [-0.1, -0.05) is 13.3 Å². The molecular formula is C15H29NO3S. The Balaban J connectivity index is 2.08. The smallest absolute Gasteiger partial charge is 0.150 e. The molecule has 4 nitrogen and oxygen atoms in total. The summed E-state index contributed by atoms with van der Waals surface area (Å²) in [5.74, 6) is 0.996. The Hall–Kier alpha value is -0.130. The van der Waals surface area contributed by atoms with Crippen LogP contribution in [-0.2, 0) is 14.6 Å². The van der Waals surface area contributed by atoms with Crippen LogP contribution in [0.25, 0.3) is 0 Å². The van der Waals surface area contributed by atoms with Crippen LogP contribution < -0.4 is 5.32 Å². The molecule has 0 aromatic rings. The molecule has 20 heavy (non-hydrogen) atoms. The van der Waals surface area contributed by atoms with Gasteiger partial charge in [-0.15, -0.1) is 0 Å². The van der Waals surface area contributed by atoms with E-state index in [1.165, 1.54) is 6.26 Å². The molecule has 5 atom stereocenters. The van der Waals surface area contributed by atoms with Crippen molar-refractivity contribution in [1.29, 1.82) is 0 Å². The van der Waals surface area contributed by atoms with Crippen molar-refractivity contribution in [1.82, 2.24) is 5.32 Å². The summed E-state index contributed by atoms with van der Waals surface area (Å²) in [4.78, 5) is 0. The van der Waals surface area contributed by atoms with E-state index in [9.17, 15) is 8.42 Å². The van der Waals surface area contributed by atoms with Crippen molar-refractivity contribution in [2.45, 2.75) is 63.3 Å². The predicted octanol–water partition coefficient (Wildman–Crippen LogP) is 1.99. The van der Waals surface area contributed by atoms with Crippen LogP contribution in [0.2, 0.25) is 0 Å². The van der Waals surface area contributed by atoms with Gasteiger partial charge >= 0.3 is 0 Å². The monoisotopic (exact) mass is 303 g/mol. The second kappa shape index (κ2) is 6.75. The summed E-state index contributed by atoms with van der Waals surface area (Å²) in [6.45, 7) is 6.06. The average Bonchev–Trinajstić information content (AvgIpc) is 2.81. The summed E-state index contributed by atoms with van der Waals surface area (Å²) in [7, 11) is -2.90. The molecule has 1 aliphatic carbocycles. The van der Waals surface area contributed by atoms with Gasteiger partial charge in [-0.05, 0) is 45.1 Å². The van der Waals surface area contributed by atoms with Gasteiger partial charge in [0.2, 0.25) is 0 Å². The van der Waals surface area contributed by atoms with Gasteiger partial charge in [0.05, 0.1) is 11.4 Å². The van der Waals surface area contributed by atoms with Crippen LogP contribution in [0.15, 0.2) is 0 Å². The van der Waals surface area contributed by atoms with Crippen molar-refractivity contribution in [3.63, 3.8) is 0 Å². The van der Waals surface area contributed by atoms with Gasteiger partial charge in [0.1, 0.15) is 9.84 Å². The fourth-order valence-electron chi connectivity index (χ4n) is 4.02. The van der Waals surface area contributed by atoms with E-state index >= 15 is 0 Å². The Morgan fingerprint density at radius 3 is 2.60 bits per heavy atom. The third kappa shape index (κ3) is 3.74. The largest absolute Gasteiger partial charge is 0.378 e. The van der Waals surface area contributed by atoms with Crippen molar-refractivity contribution in [2.75, 3.05) is 19.4 Å². The summed E-state index contributed by atoms with van der Waals surface area (Å²) in [5.41, 5.74) is 0. The Bertz CT molecular complexity index is 409. The number of sulfone groups is 1. The first-order valence-electron chi connectivity index (χ1n) is 7.97. The molecule has 2 rings (SSSR count). The lowest BCUT2D eigenvalue weighted by Gasteiger charge is -2.38. The molecule has 0 radical (unpaired) electrons. The fraction of sp³-hybridized carbons (Fsp3) is 1.00. The molecule has 0 amide bonds. The van der Waals surface area contributed by atoms with E-state index in [0.717, 1.165) is 45.3 Å². The maximum absolute atomic E-state index is 11.9. The quantitative estimate of drug-likeness (QED) is 0.844. The lowest BCUT2D eigenvalue weighted by atomic mass is 9.76. The second-order valence-corrected chi connectivity index (χ2v) is 8.82. The molecule has 0 aromatic heterocycles. The van der Waals surface area contributed by atoms with Gasteiger partial charge in [0, 0.05) is 24.8 Å². The molecule has 1 saturated heterocycles. The molecular weight excluding hydrogens is 274 g/mol. The van der Waals surface area contributed by atoms with Crippen LogP contribution in [0.5, 0.6) is 0 Å². The van der Waals surface area contributed by atoms with Crippen molar-refractivity contribution in [2.24, 2.45) is 11.8 Å². The van der Waals surface area contributed by atoms with Gasteiger partial charge in [-0.3, -0.25) is 0 Å². The van der Waals surface area contributed by atoms with Gasteiger partial charge in [-0.2, -0.15) is 0 Å². The van der Waals surface area contributed by atoms with Crippen molar-refractivity contribution >= 4 is 9.84 Å². The minimum atomic E-state index is -2.90. The zero-order valence-electron chi connectivity index (χ0n) is 13.0. The fourth-order valence-corrected chi connectivity index (χ4v) is 5.21. The van der Waals surface area contributed by atoms with E-state index in [1.54, 1.807) is 0 Å². The van der Waals surface area contributed by atoms with E-state index in [-0.39, 0.29) is 11.4 Å². The SMILES string of the molecule is CCNC(C1CCCC(S(C)(=O)=O)C1)C1CCOC1C. The minimum absolute atomic E-state index is 0.139. The summed E-state index contributed by atoms with van der Waals surface area (Å²) in [6.07, 6.45) is 6.62. The molecule has 5 heteroatoms. The van der Waals surface area contributed by atoms with Crippen LogP contribution >= 0.6 is 0 Å². The molecule has 1 saturated carbocycles. The molecule has 2 aliphatic rings. The third-order valence-electron chi connectivity index (χ3n) is 5.12. The van der Waals surface area contributed by atoms with E-state index in [0.29, 0.717) is 17.9 Å². The first-order chi connectivity index (χ1) is 9.43. The summed E-state index contributed by atoms with van der Waals surface area (Å²) in [6, 6.07) is 0.405. The topological polar surface area (TPSA) is 55.4 Å². The maximum atomic E-state index is 11.9. The number of hydrogen-bond acceptors (Lipinski definition) is 4. The van der Waals surface area contributed by atoms with Gasteiger partial charge in [-0.25, -0.2) is 8.42 Å². The minimum Gasteiger partial charge on any atom is -0.378 e. The van der Waals surface area contributed by atoms with Crippen LogP contribution in [0.3, 0.4) is 0 Å². The highest BCUT2D eigenvalue weighted by molar-refractivity contribution is 7.91. The molecule has 118 valence electrons. The van der Waals surface area contributed by atoms with E-state index in [1.807, 2.05) is 0 Å². The van der Waals surface area contributed by atoms with Crippen molar-refractivity contribution in [3.8, 4) is 0 Å². The van der Waals surface area contributed by atoms with Crippen LogP contribution in [-0.4, -0.2) is 45.2 Å². The highest BCUT2D eigenvalue weighted by Crippen LogP contribution is 2.36. The zero-order chi connectivity index (χ0) is 14.8.